The summed E-state index contributed by atoms with van der Waals surface area (Å²) in [6.07, 6.45) is 4.51. The van der Waals surface area contributed by atoms with Gasteiger partial charge in [-0.3, -0.25) is 0 Å². The van der Waals surface area contributed by atoms with Crippen molar-refractivity contribution in [1.29, 1.82) is 0 Å². The van der Waals surface area contributed by atoms with Gasteiger partial charge in [0.15, 0.2) is 0 Å². The van der Waals surface area contributed by atoms with E-state index in [1.54, 1.807) is 12.1 Å². The van der Waals surface area contributed by atoms with Crippen LogP contribution in [0.1, 0.15) is 63.0 Å². The Morgan fingerprint density at radius 1 is 0.794 bits per heavy atom. The highest BCUT2D eigenvalue weighted by atomic mass is 19.4. The minimum atomic E-state index is -5.17. The molecule has 0 bridgehead atoms. The Morgan fingerprint density at radius 3 is 2.00 bits per heavy atom. The summed E-state index contributed by atoms with van der Waals surface area (Å²) >= 11 is 0. The van der Waals surface area contributed by atoms with Crippen LogP contribution < -0.4 is 0 Å². The Hall–Kier alpha value is -2.50. The van der Waals surface area contributed by atoms with Gasteiger partial charge >= 0.3 is 6.18 Å². The summed E-state index contributed by atoms with van der Waals surface area (Å²) in [5.74, 6) is -2.66. The first kappa shape index (κ1) is 24.6. The third kappa shape index (κ3) is 5.26. The third-order valence-corrected chi connectivity index (χ3v) is 7.16. The van der Waals surface area contributed by atoms with Crippen molar-refractivity contribution < 1.29 is 26.3 Å². The second kappa shape index (κ2) is 10.0. The lowest BCUT2D eigenvalue weighted by Crippen LogP contribution is -2.15. The van der Waals surface area contributed by atoms with Gasteiger partial charge in [-0.1, -0.05) is 75.8 Å². The van der Waals surface area contributed by atoms with Crippen molar-refractivity contribution in [3.05, 3.63) is 71.0 Å². The van der Waals surface area contributed by atoms with Crippen molar-refractivity contribution in [3.8, 4) is 11.1 Å². The second-order valence-corrected chi connectivity index (χ2v) is 9.51. The van der Waals surface area contributed by atoms with Crippen molar-refractivity contribution in [3.63, 3.8) is 0 Å². The smallest absolute Gasteiger partial charge is 0.206 e. The van der Waals surface area contributed by atoms with E-state index >= 15 is 4.39 Å². The van der Waals surface area contributed by atoms with E-state index in [-0.39, 0.29) is 16.5 Å². The Labute approximate surface area is 196 Å². The van der Waals surface area contributed by atoms with E-state index in [2.05, 4.69) is 6.92 Å². The molecule has 6 heteroatoms. The Bertz CT molecular complexity index is 1130. The first-order valence-electron chi connectivity index (χ1n) is 11.9. The molecule has 3 aromatic rings. The van der Waals surface area contributed by atoms with Crippen LogP contribution in [0.3, 0.4) is 0 Å². The first-order valence-corrected chi connectivity index (χ1v) is 11.9. The van der Waals surface area contributed by atoms with Crippen molar-refractivity contribution in [2.24, 2.45) is 11.8 Å². The fourth-order valence-electron chi connectivity index (χ4n) is 5.31. The molecule has 0 heterocycles. The average Bonchev–Trinajstić information content (AvgIpc) is 2.77. The quantitative estimate of drug-likeness (QED) is 0.310. The highest BCUT2D eigenvalue weighted by molar-refractivity contribution is 5.88. The van der Waals surface area contributed by atoms with Gasteiger partial charge in [0.1, 0.15) is 23.0 Å². The second-order valence-electron chi connectivity index (χ2n) is 9.51. The molecule has 1 aliphatic rings. The van der Waals surface area contributed by atoms with Crippen LogP contribution in [0, 0.1) is 29.3 Å². The van der Waals surface area contributed by atoms with Crippen LogP contribution in [-0.2, 0) is 12.6 Å². The van der Waals surface area contributed by atoms with E-state index in [0.717, 1.165) is 24.3 Å². The van der Waals surface area contributed by atoms with E-state index in [4.69, 9.17) is 0 Å². The molecule has 0 aliphatic heterocycles. The molecule has 0 atom stereocenters. The molecule has 4 rings (SSSR count). The Balaban J connectivity index is 1.52. The highest BCUT2D eigenvalue weighted by Crippen LogP contribution is 2.38. The Kier molecular flexibility index (Phi) is 7.25. The lowest BCUT2D eigenvalue weighted by molar-refractivity contribution is -0.142. The average molecular weight is 479 g/mol. The summed E-state index contributed by atoms with van der Waals surface area (Å²) in [5.41, 5.74) is -1.29. The molecule has 0 spiro atoms. The number of alkyl halides is 3. The number of fused-ring (bicyclic) bond motifs is 1. The van der Waals surface area contributed by atoms with Crippen LogP contribution in [-0.4, -0.2) is 0 Å². The number of hydrogen-bond donors (Lipinski definition) is 0. The Morgan fingerprint density at radius 2 is 1.41 bits per heavy atom. The van der Waals surface area contributed by atoms with E-state index in [9.17, 15) is 22.0 Å². The lowest BCUT2D eigenvalue weighted by Gasteiger charge is -2.28. The lowest BCUT2D eigenvalue weighted by atomic mass is 9.78. The molecule has 1 aliphatic carbocycles. The van der Waals surface area contributed by atoms with Gasteiger partial charge in [-0.2, -0.15) is 13.2 Å². The first-order chi connectivity index (χ1) is 16.2. The van der Waals surface area contributed by atoms with Crippen LogP contribution >= 0.6 is 0 Å². The van der Waals surface area contributed by atoms with Crippen molar-refractivity contribution in [2.75, 3.05) is 0 Å². The van der Waals surface area contributed by atoms with Crippen LogP contribution in [0.5, 0.6) is 0 Å². The molecular formula is C28H28F6. The molecule has 1 fully saturated rings. The molecule has 3 aromatic carbocycles. The maximum absolute atomic E-state index is 15.2. The van der Waals surface area contributed by atoms with Gasteiger partial charge in [-0.05, 0) is 53.3 Å². The molecule has 0 N–H and O–H groups in total. The van der Waals surface area contributed by atoms with E-state index in [1.807, 2.05) is 12.1 Å². The largest absolute Gasteiger partial charge is 0.422 e. The summed E-state index contributed by atoms with van der Waals surface area (Å²) < 4.78 is 81.7. The number of halogens is 6. The molecule has 0 unspecified atom stereocenters. The SMILES string of the molecule is CCC[C@H]1CC[C@H](CCc2ccc3c(F)c(-c4cc(F)c(C(F)(F)F)c(F)c4)ccc3c2)CC1. The number of rotatable bonds is 6. The molecular weight excluding hydrogens is 450 g/mol. The number of benzene rings is 3. The minimum absolute atomic E-state index is 0.143. The minimum Gasteiger partial charge on any atom is -0.206 e. The predicted molar refractivity (Wildman–Crippen MR) is 123 cm³/mol. The fourth-order valence-corrected chi connectivity index (χ4v) is 5.31. The molecule has 1 saturated carbocycles. The molecule has 34 heavy (non-hydrogen) atoms. The molecule has 0 amide bonds. The standard InChI is InChI=1S/C28H28F6/c1-2-3-17-4-6-18(7-5-17)8-9-19-10-12-22-20(14-19)11-13-23(27(22)31)21-15-24(29)26(25(30)16-21)28(32,33)34/h10-18H,2-9H2,1H3/t17-,18-. The van der Waals surface area contributed by atoms with Gasteiger partial charge in [0.25, 0.3) is 0 Å². The molecule has 0 radical (unpaired) electrons. The number of hydrogen-bond acceptors (Lipinski definition) is 0. The molecule has 0 saturated heterocycles. The zero-order valence-electron chi connectivity index (χ0n) is 19.1. The fraction of sp³-hybridized carbons (Fsp3) is 0.429. The molecule has 182 valence electrons. The van der Waals surface area contributed by atoms with Crippen LogP contribution in [0.4, 0.5) is 26.3 Å². The molecule has 0 nitrogen and oxygen atoms in total. The maximum atomic E-state index is 15.2. The van der Waals surface area contributed by atoms with Crippen molar-refractivity contribution in [1.82, 2.24) is 0 Å². The van der Waals surface area contributed by atoms with Crippen LogP contribution in [0.2, 0.25) is 0 Å². The summed E-state index contributed by atoms with van der Waals surface area (Å²) in [4.78, 5) is 0. The van der Waals surface area contributed by atoms with Gasteiger partial charge in [0.2, 0.25) is 0 Å². The van der Waals surface area contributed by atoms with Crippen molar-refractivity contribution in [2.45, 2.75) is 64.5 Å². The molecule has 0 aromatic heterocycles. The van der Waals surface area contributed by atoms with Gasteiger partial charge < -0.3 is 0 Å². The normalized spacial score (nSPS) is 19.0. The predicted octanol–water partition coefficient (Wildman–Crippen LogP) is 9.48. The number of aryl methyl sites for hydroxylation is 1. The van der Waals surface area contributed by atoms with Crippen LogP contribution in [0.15, 0.2) is 42.5 Å². The van der Waals surface area contributed by atoms with E-state index in [0.29, 0.717) is 23.4 Å². The zero-order chi connectivity index (χ0) is 24.5. The monoisotopic (exact) mass is 478 g/mol. The van der Waals surface area contributed by atoms with Crippen LogP contribution in [0.25, 0.3) is 21.9 Å². The van der Waals surface area contributed by atoms with E-state index < -0.39 is 29.2 Å². The van der Waals surface area contributed by atoms with E-state index in [1.165, 1.54) is 44.6 Å². The van der Waals surface area contributed by atoms with Gasteiger partial charge in [-0.25, -0.2) is 13.2 Å². The van der Waals surface area contributed by atoms with Gasteiger partial charge in [-0.15, -0.1) is 0 Å². The highest BCUT2D eigenvalue weighted by Gasteiger charge is 2.38. The summed E-state index contributed by atoms with van der Waals surface area (Å²) in [6.45, 7) is 2.23. The third-order valence-electron chi connectivity index (χ3n) is 7.16. The zero-order valence-corrected chi connectivity index (χ0v) is 19.1. The maximum Gasteiger partial charge on any atom is 0.422 e. The van der Waals surface area contributed by atoms with Crippen molar-refractivity contribution >= 4 is 10.8 Å². The van der Waals surface area contributed by atoms with Gasteiger partial charge in [0, 0.05) is 10.9 Å². The topological polar surface area (TPSA) is 0 Å². The summed E-state index contributed by atoms with van der Waals surface area (Å²) in [6, 6.07) is 9.46. The van der Waals surface area contributed by atoms with Gasteiger partial charge in [0.05, 0.1) is 0 Å². The summed E-state index contributed by atoms with van der Waals surface area (Å²) in [7, 11) is 0. The summed E-state index contributed by atoms with van der Waals surface area (Å²) in [5, 5.41) is 0.917.